The van der Waals surface area contributed by atoms with Crippen molar-refractivity contribution in [3.8, 4) is 0 Å². The molecule has 0 saturated carbocycles. The number of phosphoric ester groups is 2. The molecular weight excluding hydrogens is 1330 g/mol. The fourth-order valence-corrected chi connectivity index (χ4v) is 11.0. The predicted molar refractivity (Wildman–Crippen MR) is 417 cm³/mol. The summed E-state index contributed by atoms with van der Waals surface area (Å²) in [5.41, 5.74) is 0. The van der Waals surface area contributed by atoms with E-state index < -0.39 is 97.5 Å². The van der Waals surface area contributed by atoms with Gasteiger partial charge in [0.25, 0.3) is 0 Å². The molecule has 19 heteroatoms. The highest BCUT2D eigenvalue weighted by atomic mass is 31.2. The van der Waals surface area contributed by atoms with Gasteiger partial charge in [0.2, 0.25) is 0 Å². The lowest BCUT2D eigenvalue weighted by atomic mass is 10.1. The number of carbonyl (C=O) groups excluding carboxylic acids is 4. The van der Waals surface area contributed by atoms with Gasteiger partial charge in [-0.05, 0) is 167 Å². The van der Waals surface area contributed by atoms with Gasteiger partial charge in [0.1, 0.15) is 19.3 Å². The Morgan fingerprint density at radius 1 is 0.284 bits per heavy atom. The molecule has 102 heavy (non-hydrogen) atoms. The van der Waals surface area contributed by atoms with Gasteiger partial charge in [0.05, 0.1) is 26.4 Å². The third-order valence-corrected chi connectivity index (χ3v) is 17.0. The molecule has 0 aromatic carbocycles. The van der Waals surface area contributed by atoms with E-state index in [2.05, 4.69) is 198 Å². The number of phosphoric acid groups is 2. The highest BCUT2D eigenvalue weighted by molar-refractivity contribution is 7.47. The van der Waals surface area contributed by atoms with Crippen LogP contribution in [0.1, 0.15) is 272 Å². The van der Waals surface area contributed by atoms with Gasteiger partial charge in [-0.3, -0.25) is 37.3 Å². The van der Waals surface area contributed by atoms with E-state index in [9.17, 15) is 43.2 Å². The van der Waals surface area contributed by atoms with Crippen molar-refractivity contribution in [2.75, 3.05) is 39.6 Å². The largest absolute Gasteiger partial charge is 0.472 e. The topological polar surface area (TPSA) is 237 Å². The second-order valence-electron chi connectivity index (χ2n) is 24.8. The summed E-state index contributed by atoms with van der Waals surface area (Å²) < 4.78 is 68.4. The fourth-order valence-electron chi connectivity index (χ4n) is 9.41. The molecular formula is C83H134O17P2. The van der Waals surface area contributed by atoms with E-state index in [-0.39, 0.29) is 25.7 Å². The molecule has 0 spiro atoms. The molecule has 0 aliphatic heterocycles. The van der Waals surface area contributed by atoms with Crippen molar-refractivity contribution < 1.29 is 80.2 Å². The lowest BCUT2D eigenvalue weighted by molar-refractivity contribution is -0.161. The first kappa shape index (κ1) is 96.4. The third-order valence-electron chi connectivity index (χ3n) is 15.1. The van der Waals surface area contributed by atoms with Gasteiger partial charge in [0.15, 0.2) is 12.2 Å². The van der Waals surface area contributed by atoms with E-state index in [1.807, 2.05) is 0 Å². The normalized spacial score (nSPS) is 14.9. The molecule has 0 radical (unpaired) electrons. The van der Waals surface area contributed by atoms with E-state index in [4.69, 9.17) is 37.0 Å². The summed E-state index contributed by atoms with van der Waals surface area (Å²) in [5, 5.41) is 10.6. The van der Waals surface area contributed by atoms with E-state index in [0.29, 0.717) is 32.1 Å². The summed E-state index contributed by atoms with van der Waals surface area (Å²) in [5.74, 6) is -2.31. The summed E-state index contributed by atoms with van der Waals surface area (Å²) >= 11 is 0. The average Bonchev–Trinajstić information content (AvgIpc) is 0.924. The molecule has 0 aliphatic carbocycles. The Kier molecular flexibility index (Phi) is 69.7. The van der Waals surface area contributed by atoms with Gasteiger partial charge in [-0.2, -0.15) is 0 Å². The van der Waals surface area contributed by atoms with Crippen molar-refractivity contribution in [2.45, 2.75) is 290 Å². The molecule has 0 bridgehead atoms. The molecule has 17 nitrogen and oxygen atoms in total. The van der Waals surface area contributed by atoms with Crippen LogP contribution in [0.4, 0.5) is 0 Å². The summed E-state index contributed by atoms with van der Waals surface area (Å²) in [7, 11) is -10.00. The molecule has 0 heterocycles. The maximum Gasteiger partial charge on any atom is 0.472 e. The second kappa shape index (κ2) is 73.7. The molecule has 5 unspecified atom stereocenters. The molecule has 3 N–H and O–H groups in total. The smallest absolute Gasteiger partial charge is 0.462 e. The monoisotopic (exact) mass is 1460 g/mol. The van der Waals surface area contributed by atoms with Crippen LogP contribution in [-0.4, -0.2) is 96.7 Å². The van der Waals surface area contributed by atoms with Gasteiger partial charge < -0.3 is 33.8 Å². The number of carbonyl (C=O) groups is 4. The summed E-state index contributed by atoms with van der Waals surface area (Å²) in [4.78, 5) is 72.9. The Morgan fingerprint density at radius 2 is 0.510 bits per heavy atom. The number of aliphatic hydroxyl groups excluding tert-OH is 1. The van der Waals surface area contributed by atoms with Crippen LogP contribution in [-0.2, 0) is 65.4 Å². The molecule has 0 rings (SSSR count). The highest BCUT2D eigenvalue weighted by Gasteiger charge is 2.30. The van der Waals surface area contributed by atoms with E-state index in [1.165, 1.54) is 0 Å². The van der Waals surface area contributed by atoms with Crippen molar-refractivity contribution in [2.24, 2.45) is 0 Å². The van der Waals surface area contributed by atoms with Gasteiger partial charge in [-0.25, -0.2) is 9.13 Å². The number of unbranched alkanes of at least 4 members (excludes halogenated alkanes) is 16. The van der Waals surface area contributed by atoms with Crippen LogP contribution in [0.25, 0.3) is 0 Å². The molecule has 0 fully saturated rings. The molecule has 0 aromatic heterocycles. The number of hydrogen-bond donors (Lipinski definition) is 3. The summed E-state index contributed by atoms with van der Waals surface area (Å²) in [6.07, 6.45) is 86.3. The number of ether oxygens (including phenoxy) is 4. The second-order valence-corrected chi connectivity index (χ2v) is 27.7. The van der Waals surface area contributed by atoms with Crippen LogP contribution in [0, 0.1) is 0 Å². The predicted octanol–water partition coefficient (Wildman–Crippen LogP) is 22.2. The van der Waals surface area contributed by atoms with E-state index in [1.54, 1.807) is 0 Å². The van der Waals surface area contributed by atoms with Crippen LogP contribution >= 0.6 is 15.6 Å². The molecule has 5 atom stereocenters. The number of hydrogen-bond acceptors (Lipinski definition) is 15. The zero-order valence-corrected chi connectivity index (χ0v) is 64.8. The number of aliphatic hydroxyl groups is 1. The van der Waals surface area contributed by atoms with Crippen LogP contribution in [0.5, 0.6) is 0 Å². The zero-order valence-electron chi connectivity index (χ0n) is 63.0. The number of rotatable bonds is 70. The lowest BCUT2D eigenvalue weighted by Gasteiger charge is -2.21. The molecule has 0 amide bonds. The first-order valence-corrected chi connectivity index (χ1v) is 41.4. The minimum absolute atomic E-state index is 0.0280. The van der Waals surface area contributed by atoms with Crippen LogP contribution in [0.15, 0.2) is 170 Å². The zero-order chi connectivity index (χ0) is 74.6. The lowest BCUT2D eigenvalue weighted by Crippen LogP contribution is -2.30. The quantitative estimate of drug-likeness (QED) is 0.0169. The number of allylic oxidation sites excluding steroid dienone is 28. The summed E-state index contributed by atoms with van der Waals surface area (Å²) in [6.45, 7) is 4.32. The molecule has 578 valence electrons. The Bertz CT molecular complexity index is 2600. The molecule has 0 aliphatic rings. The van der Waals surface area contributed by atoms with Gasteiger partial charge in [-0.15, -0.1) is 0 Å². The third kappa shape index (κ3) is 72.8. The van der Waals surface area contributed by atoms with Crippen LogP contribution in [0.2, 0.25) is 0 Å². The first-order chi connectivity index (χ1) is 49.7. The van der Waals surface area contributed by atoms with Crippen molar-refractivity contribution in [1.29, 1.82) is 0 Å². The SMILES string of the molecule is CC/C=C\C/C=C\C/C=C\C/C=C\C/C=C\CCCCCC(=O)OCC(COP(=O)(O)OCC(O)COP(=O)(O)OCC(COC(=O)CCCCCCC/C=C\C/C=C\C/C=C\CC)OC(=O)CCCCCCC/C=C\C/C=C\CCC)OC(=O)CCCC/C=C\C/C=C\C/C=C\C/C=C\CC. The Balaban J connectivity index is 5.45. The standard InChI is InChI=1S/C83H134O17P2/c1-5-9-13-17-21-25-29-33-36-37-38-39-42-45-48-52-56-60-64-68-81(86)94-74-79(100-83(88)70-66-62-58-54-50-46-41-35-31-27-23-19-15-11-7-3)76-98-102(91,92)96-72-77(84)71-95-101(89,90)97-75-78(99-82(87)69-65-61-57-53-49-43-32-28-24-20-16-12-8-4)73-93-80(85)67-63-59-55-51-47-44-40-34-30-26-22-18-14-10-6-2/h9-11,13-16,20-23,25-28,32-36,38-41,45,48,50,54,77-79,84H,5-8,12,17-19,24,29-31,37,42-44,46-47,49,51-53,55-76H2,1-4H3,(H,89,90)(H,91,92)/b13-9-,14-10-,15-11-,20-16-,25-21-,26-22-,27-23-,32-28-,36-33-,39-38-,40-34-,41-35-,48-45-,54-50-. The molecule has 0 aromatic rings. The highest BCUT2D eigenvalue weighted by Crippen LogP contribution is 2.45. The van der Waals surface area contributed by atoms with E-state index in [0.717, 1.165) is 186 Å². The number of esters is 4. The van der Waals surface area contributed by atoms with E-state index >= 15 is 0 Å². The van der Waals surface area contributed by atoms with Crippen molar-refractivity contribution in [3.63, 3.8) is 0 Å². The van der Waals surface area contributed by atoms with Crippen molar-refractivity contribution >= 4 is 39.5 Å². The minimum Gasteiger partial charge on any atom is -0.462 e. The minimum atomic E-state index is -5.00. The molecule has 0 saturated heterocycles. The Hall–Kier alpha value is -5.58. The van der Waals surface area contributed by atoms with Gasteiger partial charge in [0, 0.05) is 25.7 Å². The van der Waals surface area contributed by atoms with Gasteiger partial charge in [-0.1, -0.05) is 249 Å². The average molecular weight is 1470 g/mol. The first-order valence-electron chi connectivity index (χ1n) is 38.4. The maximum atomic E-state index is 13.1. The van der Waals surface area contributed by atoms with Crippen LogP contribution in [0.3, 0.4) is 0 Å². The Labute approximate surface area is 616 Å². The van der Waals surface area contributed by atoms with Crippen molar-refractivity contribution in [1.82, 2.24) is 0 Å². The Morgan fingerprint density at radius 3 is 0.814 bits per heavy atom. The fraction of sp³-hybridized carbons (Fsp3) is 0.614. The van der Waals surface area contributed by atoms with Crippen LogP contribution < -0.4 is 0 Å². The maximum absolute atomic E-state index is 13.1. The summed E-state index contributed by atoms with van der Waals surface area (Å²) in [6, 6.07) is 0. The van der Waals surface area contributed by atoms with Gasteiger partial charge >= 0.3 is 39.5 Å². The van der Waals surface area contributed by atoms with Crippen molar-refractivity contribution in [3.05, 3.63) is 170 Å².